The first-order valence-corrected chi connectivity index (χ1v) is 6.89. The van der Waals surface area contributed by atoms with Gasteiger partial charge in [-0.15, -0.1) is 0 Å². The molecule has 9 heteroatoms. The summed E-state index contributed by atoms with van der Waals surface area (Å²) in [5.41, 5.74) is 0.606. The fourth-order valence-corrected chi connectivity index (χ4v) is 2.21. The molecule has 1 N–H and O–H groups in total. The van der Waals surface area contributed by atoms with Gasteiger partial charge in [0.15, 0.2) is 0 Å². The van der Waals surface area contributed by atoms with Crippen molar-refractivity contribution < 1.29 is 0 Å². The van der Waals surface area contributed by atoms with Crippen LogP contribution < -0.4 is 5.32 Å². The average Bonchev–Trinajstić information content (AvgIpc) is 2.95. The lowest BCUT2D eigenvalue weighted by Crippen LogP contribution is -2.07. The highest BCUT2D eigenvalue weighted by atomic mass is 35.5. The molecule has 0 aliphatic heterocycles. The lowest BCUT2D eigenvalue weighted by atomic mass is 10.3. The molecule has 0 bridgehead atoms. The largest absolute Gasteiger partial charge is 0.323 e. The third kappa shape index (κ3) is 3.24. The van der Waals surface area contributed by atoms with Gasteiger partial charge in [0.1, 0.15) is 0 Å². The maximum absolute atomic E-state index is 6.09. The Labute approximate surface area is 134 Å². The molecule has 0 spiro atoms. The molecule has 6 nitrogen and oxygen atoms in total. The first-order valence-electron chi connectivity index (χ1n) is 5.75. The van der Waals surface area contributed by atoms with Crippen LogP contribution in [0.15, 0.2) is 36.7 Å². The maximum Gasteiger partial charge on any atom is 0.256 e. The predicted molar refractivity (Wildman–Crippen MR) is 81.7 cm³/mol. The van der Waals surface area contributed by atoms with Crippen LogP contribution in [-0.4, -0.2) is 24.7 Å². The number of rotatable bonds is 3. The molecule has 0 fully saturated rings. The van der Waals surface area contributed by atoms with E-state index in [4.69, 9.17) is 34.8 Å². The first-order chi connectivity index (χ1) is 10.1. The van der Waals surface area contributed by atoms with Crippen LogP contribution >= 0.6 is 34.8 Å². The molecule has 0 radical (unpaired) electrons. The molecule has 106 valence electrons. The average molecular weight is 342 g/mol. The van der Waals surface area contributed by atoms with Crippen molar-refractivity contribution in [1.29, 1.82) is 0 Å². The summed E-state index contributed by atoms with van der Waals surface area (Å²) in [6, 6.07) is 6.78. The van der Waals surface area contributed by atoms with Crippen LogP contribution in [0, 0.1) is 0 Å². The predicted octanol–water partition coefficient (Wildman–Crippen LogP) is 3.76. The van der Waals surface area contributed by atoms with Gasteiger partial charge in [-0.1, -0.05) is 23.2 Å². The molecule has 3 aromatic rings. The molecule has 2 aromatic heterocycles. The molecule has 0 unspecified atom stereocenters. The Morgan fingerprint density at radius 2 is 1.90 bits per heavy atom. The number of nitrogens with one attached hydrogen (secondary N) is 1. The third-order valence-corrected chi connectivity index (χ3v) is 3.20. The van der Waals surface area contributed by atoms with E-state index < -0.39 is 0 Å². The van der Waals surface area contributed by atoms with Gasteiger partial charge in [0.2, 0.25) is 11.2 Å². The molecule has 21 heavy (non-hydrogen) atoms. The summed E-state index contributed by atoms with van der Waals surface area (Å²) in [6.45, 7) is 0. The van der Waals surface area contributed by atoms with Crippen LogP contribution in [-0.2, 0) is 0 Å². The second-order valence-electron chi connectivity index (χ2n) is 3.93. The summed E-state index contributed by atoms with van der Waals surface area (Å²) in [4.78, 5) is 12.2. The van der Waals surface area contributed by atoms with Crippen molar-refractivity contribution in [2.75, 3.05) is 5.32 Å². The van der Waals surface area contributed by atoms with Gasteiger partial charge in [-0.25, -0.2) is 4.68 Å². The quantitative estimate of drug-likeness (QED) is 0.785. The normalized spacial score (nSPS) is 10.6. The summed E-state index contributed by atoms with van der Waals surface area (Å²) in [7, 11) is 0. The van der Waals surface area contributed by atoms with Gasteiger partial charge in [0, 0.05) is 17.4 Å². The number of nitrogens with zero attached hydrogens (tertiary/aromatic N) is 5. The molecule has 0 atom stereocenters. The topological polar surface area (TPSA) is 68.5 Å². The highest BCUT2D eigenvalue weighted by molar-refractivity contribution is 6.36. The molecular formula is C12H7Cl3N6. The van der Waals surface area contributed by atoms with Crippen LogP contribution in [0.3, 0.4) is 0 Å². The Balaban J connectivity index is 1.95. The van der Waals surface area contributed by atoms with Crippen molar-refractivity contribution in [3.05, 3.63) is 52.0 Å². The highest BCUT2D eigenvalue weighted by Crippen LogP contribution is 2.27. The molecule has 1 aromatic carbocycles. The maximum atomic E-state index is 6.09. The Kier molecular flexibility index (Phi) is 3.92. The van der Waals surface area contributed by atoms with E-state index >= 15 is 0 Å². The van der Waals surface area contributed by atoms with E-state index in [0.717, 1.165) is 0 Å². The number of hydrogen-bond donors (Lipinski definition) is 1. The van der Waals surface area contributed by atoms with Crippen LogP contribution in [0.4, 0.5) is 11.6 Å². The molecular weight excluding hydrogens is 335 g/mol. The third-order valence-electron chi connectivity index (χ3n) is 2.48. The molecule has 0 saturated carbocycles. The van der Waals surface area contributed by atoms with E-state index in [1.165, 1.54) is 4.68 Å². The number of benzene rings is 1. The van der Waals surface area contributed by atoms with Gasteiger partial charge in [-0.3, -0.25) is 0 Å². The minimum atomic E-state index is 0.0445. The van der Waals surface area contributed by atoms with Crippen molar-refractivity contribution in [3.8, 4) is 5.95 Å². The van der Waals surface area contributed by atoms with Gasteiger partial charge in [-0.05, 0) is 35.9 Å². The Bertz CT molecular complexity index is 775. The standard InChI is InChI=1S/C12H7Cl3N6/c13-7-2-3-9(8(14)6-7)17-11-18-10(15)19-12(20-11)21-5-1-4-16-21/h1-6H,(H,17,18,19,20). The number of halogens is 3. The van der Waals surface area contributed by atoms with Crippen molar-refractivity contribution >= 4 is 46.4 Å². The van der Waals surface area contributed by atoms with Crippen molar-refractivity contribution in [1.82, 2.24) is 24.7 Å². The van der Waals surface area contributed by atoms with Crippen LogP contribution in [0.2, 0.25) is 15.3 Å². The van der Waals surface area contributed by atoms with Crippen LogP contribution in [0.5, 0.6) is 0 Å². The SMILES string of the molecule is Clc1ccc(Nc2nc(Cl)nc(-n3cccn3)n2)c(Cl)c1. The summed E-state index contributed by atoms with van der Waals surface area (Å²) < 4.78 is 1.47. The second kappa shape index (κ2) is 5.85. The van der Waals surface area contributed by atoms with Gasteiger partial charge in [0.25, 0.3) is 5.95 Å². The Morgan fingerprint density at radius 1 is 1.05 bits per heavy atom. The minimum absolute atomic E-state index is 0.0445. The molecule has 2 heterocycles. The van der Waals surface area contributed by atoms with E-state index in [-0.39, 0.29) is 11.2 Å². The fourth-order valence-electron chi connectivity index (χ4n) is 1.60. The van der Waals surface area contributed by atoms with E-state index in [9.17, 15) is 0 Å². The lowest BCUT2D eigenvalue weighted by Gasteiger charge is -2.08. The van der Waals surface area contributed by atoms with E-state index in [2.05, 4.69) is 25.4 Å². The van der Waals surface area contributed by atoms with Gasteiger partial charge < -0.3 is 5.32 Å². The zero-order valence-electron chi connectivity index (χ0n) is 10.3. The lowest BCUT2D eigenvalue weighted by molar-refractivity contribution is 0.798. The Hall–Kier alpha value is -1.89. The summed E-state index contributed by atoms with van der Waals surface area (Å²) in [5.74, 6) is 0.553. The number of aromatic nitrogens is 5. The first kappa shape index (κ1) is 14.1. The molecule has 0 saturated heterocycles. The van der Waals surface area contributed by atoms with E-state index in [1.807, 2.05) is 0 Å². The smallest absolute Gasteiger partial charge is 0.256 e. The van der Waals surface area contributed by atoms with Crippen molar-refractivity contribution in [2.45, 2.75) is 0 Å². The molecule has 0 aliphatic rings. The number of hydrogen-bond acceptors (Lipinski definition) is 5. The van der Waals surface area contributed by atoms with Crippen molar-refractivity contribution in [2.24, 2.45) is 0 Å². The zero-order valence-corrected chi connectivity index (χ0v) is 12.6. The van der Waals surface area contributed by atoms with Crippen LogP contribution in [0.25, 0.3) is 5.95 Å². The van der Waals surface area contributed by atoms with Crippen LogP contribution in [0.1, 0.15) is 0 Å². The fraction of sp³-hybridized carbons (Fsp3) is 0. The van der Waals surface area contributed by atoms with Crippen molar-refractivity contribution in [3.63, 3.8) is 0 Å². The second-order valence-corrected chi connectivity index (χ2v) is 5.11. The minimum Gasteiger partial charge on any atom is -0.323 e. The highest BCUT2D eigenvalue weighted by Gasteiger charge is 2.09. The van der Waals surface area contributed by atoms with Gasteiger partial charge >= 0.3 is 0 Å². The monoisotopic (exact) mass is 340 g/mol. The molecule has 3 rings (SSSR count). The summed E-state index contributed by atoms with van der Waals surface area (Å²) in [5, 5.41) is 8.03. The summed E-state index contributed by atoms with van der Waals surface area (Å²) >= 11 is 17.8. The summed E-state index contributed by atoms with van der Waals surface area (Å²) in [6.07, 6.45) is 3.31. The number of anilines is 2. The van der Waals surface area contributed by atoms with E-state index in [0.29, 0.717) is 21.7 Å². The van der Waals surface area contributed by atoms with Gasteiger partial charge in [0.05, 0.1) is 10.7 Å². The molecule has 0 aliphatic carbocycles. The molecule has 0 amide bonds. The van der Waals surface area contributed by atoms with Gasteiger partial charge in [-0.2, -0.15) is 20.1 Å². The van der Waals surface area contributed by atoms with E-state index in [1.54, 1.807) is 36.7 Å². The zero-order chi connectivity index (χ0) is 14.8. The Morgan fingerprint density at radius 3 is 2.62 bits per heavy atom.